The Morgan fingerprint density at radius 2 is 1.75 bits per heavy atom. The van der Waals surface area contributed by atoms with Crippen molar-refractivity contribution in [2.75, 3.05) is 0 Å². The second kappa shape index (κ2) is 5.49. The van der Waals surface area contributed by atoms with E-state index < -0.39 is 27.3 Å². The highest BCUT2D eigenvalue weighted by Crippen LogP contribution is 2.23. The minimum Gasteiger partial charge on any atom is -0.370 e. The molecule has 0 aliphatic carbocycles. The van der Waals surface area contributed by atoms with E-state index in [1.807, 2.05) is 0 Å². The van der Waals surface area contributed by atoms with Gasteiger partial charge < -0.3 is 5.73 Å². The third-order valence-electron chi connectivity index (χ3n) is 2.72. The van der Waals surface area contributed by atoms with Crippen molar-refractivity contribution < 1.29 is 17.6 Å². The number of rotatable bonds is 5. The fraction of sp³-hybridized carbons (Fsp3) is 0.462. The van der Waals surface area contributed by atoms with Gasteiger partial charge in [-0.25, -0.2) is 17.5 Å². The van der Waals surface area contributed by atoms with E-state index in [1.54, 1.807) is 13.8 Å². The molecular weight excluding hydrogens is 283 g/mol. The molecule has 1 aromatic rings. The number of aryl methyl sites for hydroxylation is 2. The molecule has 7 heteroatoms. The van der Waals surface area contributed by atoms with Crippen molar-refractivity contribution in [1.29, 1.82) is 0 Å². The Morgan fingerprint density at radius 3 is 2.15 bits per heavy atom. The summed E-state index contributed by atoms with van der Waals surface area (Å²) in [5.74, 6) is -1.10. The second-order valence-corrected chi connectivity index (χ2v) is 7.12. The lowest BCUT2D eigenvalue weighted by molar-refractivity contribution is -0.119. The summed E-state index contributed by atoms with van der Waals surface area (Å²) in [5, 5.41) is 0. The number of sulfonamides is 1. The van der Waals surface area contributed by atoms with Gasteiger partial charge in [0.15, 0.2) is 0 Å². The van der Waals surface area contributed by atoms with Crippen LogP contribution in [0, 0.1) is 19.7 Å². The van der Waals surface area contributed by atoms with E-state index in [9.17, 15) is 17.6 Å². The molecule has 1 amide bonds. The highest BCUT2D eigenvalue weighted by atomic mass is 32.2. The number of halogens is 1. The van der Waals surface area contributed by atoms with Crippen LogP contribution >= 0.6 is 0 Å². The minimum absolute atomic E-state index is 0.0245. The molecule has 1 rings (SSSR count). The van der Waals surface area contributed by atoms with Crippen molar-refractivity contribution in [3.63, 3.8) is 0 Å². The third-order valence-corrected chi connectivity index (χ3v) is 4.72. The fourth-order valence-corrected chi connectivity index (χ4v) is 4.08. The fourth-order valence-electron chi connectivity index (χ4n) is 2.21. The van der Waals surface area contributed by atoms with Gasteiger partial charge >= 0.3 is 0 Å². The average Bonchev–Trinajstić information content (AvgIpc) is 2.08. The van der Waals surface area contributed by atoms with E-state index in [1.165, 1.54) is 13.8 Å². The molecule has 0 radical (unpaired) electrons. The number of nitrogens with two attached hydrogens (primary N) is 1. The van der Waals surface area contributed by atoms with Crippen LogP contribution < -0.4 is 10.5 Å². The van der Waals surface area contributed by atoms with E-state index in [0.717, 1.165) is 12.1 Å². The molecule has 0 saturated carbocycles. The molecule has 0 atom stereocenters. The zero-order valence-corrected chi connectivity index (χ0v) is 12.8. The molecule has 0 aliphatic heterocycles. The molecule has 0 heterocycles. The van der Waals surface area contributed by atoms with Crippen LogP contribution in [0.25, 0.3) is 0 Å². The van der Waals surface area contributed by atoms with E-state index in [2.05, 4.69) is 4.72 Å². The SMILES string of the molecule is Cc1cc(F)cc(C)c1S(=O)(=O)NC(C)(C)CC(N)=O. The largest absolute Gasteiger partial charge is 0.370 e. The number of nitrogens with one attached hydrogen (secondary N) is 1. The van der Waals surface area contributed by atoms with Gasteiger partial charge in [-0.3, -0.25) is 4.79 Å². The van der Waals surface area contributed by atoms with Crippen LogP contribution in [0.2, 0.25) is 0 Å². The van der Waals surface area contributed by atoms with Gasteiger partial charge in [-0.2, -0.15) is 0 Å². The van der Waals surface area contributed by atoms with Gasteiger partial charge in [0.1, 0.15) is 5.82 Å². The van der Waals surface area contributed by atoms with Crippen molar-refractivity contribution in [2.45, 2.75) is 44.6 Å². The van der Waals surface area contributed by atoms with Crippen molar-refractivity contribution in [1.82, 2.24) is 4.72 Å². The Morgan fingerprint density at radius 1 is 1.30 bits per heavy atom. The van der Waals surface area contributed by atoms with Gasteiger partial charge in [-0.1, -0.05) is 0 Å². The number of hydrogen-bond donors (Lipinski definition) is 2. The van der Waals surface area contributed by atoms with Crippen LogP contribution in [0.4, 0.5) is 4.39 Å². The van der Waals surface area contributed by atoms with Crippen molar-refractivity contribution >= 4 is 15.9 Å². The van der Waals surface area contributed by atoms with E-state index in [-0.39, 0.29) is 11.3 Å². The van der Waals surface area contributed by atoms with Crippen LogP contribution in [0.3, 0.4) is 0 Å². The summed E-state index contributed by atoms with van der Waals surface area (Å²) in [6, 6.07) is 2.31. The maximum absolute atomic E-state index is 13.2. The van der Waals surface area contributed by atoms with Gasteiger partial charge in [-0.05, 0) is 51.0 Å². The molecule has 112 valence electrons. The number of hydrogen-bond acceptors (Lipinski definition) is 3. The molecule has 0 spiro atoms. The first-order valence-electron chi connectivity index (χ1n) is 6.04. The molecule has 0 aromatic heterocycles. The second-order valence-electron chi connectivity index (χ2n) is 5.50. The highest BCUT2D eigenvalue weighted by molar-refractivity contribution is 7.89. The third kappa shape index (κ3) is 4.01. The monoisotopic (exact) mass is 302 g/mol. The number of primary amides is 1. The summed E-state index contributed by atoms with van der Waals surface area (Å²) in [6.45, 7) is 6.16. The van der Waals surface area contributed by atoms with Crippen LogP contribution in [0.5, 0.6) is 0 Å². The zero-order valence-electron chi connectivity index (χ0n) is 12.0. The summed E-state index contributed by atoms with van der Waals surface area (Å²) in [5.41, 5.74) is 4.70. The van der Waals surface area contributed by atoms with Crippen LogP contribution in [-0.2, 0) is 14.8 Å². The minimum atomic E-state index is -3.87. The lowest BCUT2D eigenvalue weighted by Gasteiger charge is -2.25. The normalized spacial score (nSPS) is 12.4. The smallest absolute Gasteiger partial charge is 0.241 e. The van der Waals surface area contributed by atoms with Gasteiger partial charge in [0.25, 0.3) is 0 Å². The van der Waals surface area contributed by atoms with Crippen molar-refractivity contribution in [3.8, 4) is 0 Å². The van der Waals surface area contributed by atoms with Gasteiger partial charge in [-0.15, -0.1) is 0 Å². The summed E-state index contributed by atoms with van der Waals surface area (Å²) < 4.78 is 40.5. The number of amides is 1. The zero-order chi connectivity index (χ0) is 15.7. The van der Waals surface area contributed by atoms with Gasteiger partial charge in [0.2, 0.25) is 15.9 Å². The van der Waals surface area contributed by atoms with Crippen LogP contribution in [-0.4, -0.2) is 19.9 Å². The quantitative estimate of drug-likeness (QED) is 0.861. The first kappa shape index (κ1) is 16.6. The molecule has 0 fully saturated rings. The standard InChI is InChI=1S/C13H19FN2O3S/c1-8-5-10(14)6-9(2)12(8)20(18,19)16-13(3,4)7-11(15)17/h5-6,16H,7H2,1-4H3,(H2,15,17). The summed E-state index contributed by atoms with van der Waals surface area (Å²) in [4.78, 5) is 11.0. The molecule has 0 bridgehead atoms. The lowest BCUT2D eigenvalue weighted by atomic mass is 10.0. The number of carbonyl (C=O) groups is 1. The maximum atomic E-state index is 13.2. The first-order chi connectivity index (χ1) is 8.94. The molecule has 0 unspecified atom stereocenters. The molecule has 3 N–H and O–H groups in total. The van der Waals surface area contributed by atoms with Gasteiger partial charge in [0.05, 0.1) is 4.90 Å². The molecule has 5 nitrogen and oxygen atoms in total. The predicted octanol–water partition coefficient (Wildman–Crippen LogP) is 1.37. The van der Waals surface area contributed by atoms with E-state index in [4.69, 9.17) is 5.73 Å². The topological polar surface area (TPSA) is 89.3 Å². The van der Waals surface area contributed by atoms with Crippen molar-refractivity contribution in [2.24, 2.45) is 5.73 Å². The summed E-state index contributed by atoms with van der Waals surface area (Å²) in [6.07, 6.45) is -0.133. The lowest BCUT2D eigenvalue weighted by Crippen LogP contribution is -2.46. The molecule has 1 aromatic carbocycles. The summed E-state index contributed by atoms with van der Waals surface area (Å²) in [7, 11) is -3.87. The number of carbonyl (C=O) groups excluding carboxylic acids is 1. The Balaban J connectivity index is 3.22. The number of benzene rings is 1. The molecular formula is C13H19FN2O3S. The molecule has 0 aliphatic rings. The van der Waals surface area contributed by atoms with E-state index >= 15 is 0 Å². The van der Waals surface area contributed by atoms with Crippen LogP contribution in [0.15, 0.2) is 17.0 Å². The predicted molar refractivity (Wildman–Crippen MR) is 74.1 cm³/mol. The maximum Gasteiger partial charge on any atom is 0.241 e. The molecule has 20 heavy (non-hydrogen) atoms. The summed E-state index contributed by atoms with van der Waals surface area (Å²) >= 11 is 0. The Kier molecular flexibility index (Phi) is 4.55. The average molecular weight is 302 g/mol. The van der Waals surface area contributed by atoms with Crippen molar-refractivity contribution in [3.05, 3.63) is 29.1 Å². The Labute approximate surface area is 118 Å². The Bertz CT molecular complexity index is 616. The van der Waals surface area contributed by atoms with Crippen LogP contribution in [0.1, 0.15) is 31.4 Å². The molecule has 0 saturated heterocycles. The van der Waals surface area contributed by atoms with E-state index in [0.29, 0.717) is 11.1 Å². The van der Waals surface area contributed by atoms with Gasteiger partial charge in [0, 0.05) is 12.0 Å². The highest BCUT2D eigenvalue weighted by Gasteiger charge is 2.30. The first-order valence-corrected chi connectivity index (χ1v) is 7.52. The Hall–Kier alpha value is -1.47.